The maximum Gasteiger partial charge on any atom is 0.303 e. The third kappa shape index (κ3) is 4.60. The largest absolute Gasteiger partial charge is 0.487 e. The van der Waals surface area contributed by atoms with Gasteiger partial charge in [-0.2, -0.15) is 0 Å². The smallest absolute Gasteiger partial charge is 0.303 e. The van der Waals surface area contributed by atoms with E-state index < -0.39 is 0 Å². The predicted octanol–water partition coefficient (Wildman–Crippen LogP) is 3.29. The average Bonchev–Trinajstić information content (AvgIpc) is 2.52. The van der Waals surface area contributed by atoms with Gasteiger partial charge in [0.1, 0.15) is 24.7 Å². The Hall–Kier alpha value is -2.36. The molecule has 1 heterocycles. The minimum Gasteiger partial charge on any atom is -0.487 e. The molecule has 0 aliphatic heterocycles. The highest BCUT2D eigenvalue weighted by molar-refractivity contribution is 5.65. The molecule has 0 N–H and O–H groups in total. The van der Waals surface area contributed by atoms with Gasteiger partial charge in [-0.1, -0.05) is 31.2 Å². The second-order valence-electron chi connectivity index (χ2n) is 4.69. The number of nitrogens with zero attached hydrogens (tertiary/aromatic N) is 1. The zero-order valence-corrected chi connectivity index (χ0v) is 12.3. The summed E-state index contributed by atoms with van der Waals surface area (Å²) in [6, 6.07) is 11.9. The number of ether oxygens (including phenoxy) is 2. The summed E-state index contributed by atoms with van der Waals surface area (Å²) in [5, 5.41) is 0. The van der Waals surface area contributed by atoms with Crippen LogP contribution in [0.2, 0.25) is 0 Å². The molecule has 0 aliphatic rings. The summed E-state index contributed by atoms with van der Waals surface area (Å²) in [6.07, 6.45) is 2.65. The molecule has 21 heavy (non-hydrogen) atoms. The van der Waals surface area contributed by atoms with Crippen molar-refractivity contribution in [3.8, 4) is 5.75 Å². The van der Waals surface area contributed by atoms with Gasteiger partial charge in [0, 0.05) is 13.1 Å². The Morgan fingerprint density at radius 1 is 1.14 bits per heavy atom. The highest BCUT2D eigenvalue weighted by atomic mass is 16.5. The third-order valence-electron chi connectivity index (χ3n) is 3.05. The Morgan fingerprint density at radius 2 is 1.95 bits per heavy atom. The van der Waals surface area contributed by atoms with Crippen LogP contribution in [0.25, 0.3) is 0 Å². The summed E-state index contributed by atoms with van der Waals surface area (Å²) in [6.45, 7) is 4.09. The van der Waals surface area contributed by atoms with Crippen molar-refractivity contribution in [3.05, 3.63) is 59.4 Å². The summed E-state index contributed by atoms with van der Waals surface area (Å²) in [5.41, 5.74) is 3.01. The summed E-state index contributed by atoms with van der Waals surface area (Å²) in [4.78, 5) is 15.1. The highest BCUT2D eigenvalue weighted by Gasteiger charge is 2.07. The second-order valence-corrected chi connectivity index (χ2v) is 4.69. The number of aromatic nitrogens is 1. The van der Waals surface area contributed by atoms with E-state index in [4.69, 9.17) is 9.47 Å². The Morgan fingerprint density at radius 3 is 2.71 bits per heavy atom. The average molecular weight is 285 g/mol. The number of benzene rings is 1. The van der Waals surface area contributed by atoms with Crippen LogP contribution in [-0.2, 0) is 29.2 Å². The van der Waals surface area contributed by atoms with E-state index in [-0.39, 0.29) is 12.6 Å². The lowest BCUT2D eigenvalue weighted by Crippen LogP contribution is -2.04. The van der Waals surface area contributed by atoms with E-state index in [1.165, 1.54) is 12.5 Å². The van der Waals surface area contributed by atoms with Gasteiger partial charge in [-0.3, -0.25) is 9.78 Å². The predicted molar refractivity (Wildman–Crippen MR) is 79.9 cm³/mol. The molecule has 0 aliphatic carbocycles. The van der Waals surface area contributed by atoms with Crippen molar-refractivity contribution in [2.45, 2.75) is 33.5 Å². The standard InChI is InChI=1S/C17H19NO3/c1-3-14-6-4-7-15(10-14)11-21-17-8-5-9-18-16(17)12-20-13(2)19/h4-10H,3,11-12H2,1-2H3. The van der Waals surface area contributed by atoms with E-state index in [9.17, 15) is 4.79 Å². The van der Waals surface area contributed by atoms with E-state index in [1.807, 2.05) is 18.2 Å². The first kappa shape index (κ1) is 15.0. The molecule has 2 rings (SSSR count). The zero-order valence-electron chi connectivity index (χ0n) is 12.3. The van der Waals surface area contributed by atoms with Gasteiger partial charge in [0.05, 0.1) is 0 Å². The maximum absolute atomic E-state index is 10.9. The van der Waals surface area contributed by atoms with Crippen molar-refractivity contribution in [2.24, 2.45) is 0 Å². The van der Waals surface area contributed by atoms with Crippen LogP contribution < -0.4 is 4.74 Å². The van der Waals surface area contributed by atoms with Crippen molar-refractivity contribution in [1.29, 1.82) is 0 Å². The molecule has 0 spiro atoms. The van der Waals surface area contributed by atoms with Crippen molar-refractivity contribution in [2.75, 3.05) is 0 Å². The summed E-state index contributed by atoms with van der Waals surface area (Å²) >= 11 is 0. The van der Waals surface area contributed by atoms with Crippen LogP contribution >= 0.6 is 0 Å². The van der Waals surface area contributed by atoms with E-state index >= 15 is 0 Å². The highest BCUT2D eigenvalue weighted by Crippen LogP contribution is 2.18. The number of rotatable bonds is 6. The number of esters is 1. The summed E-state index contributed by atoms with van der Waals surface area (Å²) < 4.78 is 10.8. The fourth-order valence-corrected chi connectivity index (χ4v) is 1.93. The second kappa shape index (κ2) is 7.43. The number of pyridine rings is 1. The van der Waals surface area contributed by atoms with Crippen molar-refractivity contribution >= 4 is 5.97 Å². The first-order valence-electron chi connectivity index (χ1n) is 6.97. The number of carbonyl (C=O) groups excluding carboxylic acids is 1. The lowest BCUT2D eigenvalue weighted by atomic mass is 10.1. The van der Waals surface area contributed by atoms with Gasteiger partial charge in [-0.25, -0.2) is 0 Å². The molecule has 0 radical (unpaired) electrons. The molecule has 0 saturated heterocycles. The topological polar surface area (TPSA) is 48.4 Å². The molecule has 0 fully saturated rings. The molecule has 4 heteroatoms. The molecule has 0 unspecified atom stereocenters. The van der Waals surface area contributed by atoms with E-state index in [2.05, 4.69) is 24.0 Å². The fourth-order valence-electron chi connectivity index (χ4n) is 1.93. The lowest BCUT2D eigenvalue weighted by molar-refractivity contribution is -0.142. The Bertz CT molecular complexity index is 610. The van der Waals surface area contributed by atoms with E-state index in [0.29, 0.717) is 18.1 Å². The third-order valence-corrected chi connectivity index (χ3v) is 3.05. The van der Waals surface area contributed by atoms with Crippen molar-refractivity contribution < 1.29 is 14.3 Å². The Kier molecular flexibility index (Phi) is 5.32. The van der Waals surface area contributed by atoms with Gasteiger partial charge in [0.2, 0.25) is 0 Å². The van der Waals surface area contributed by atoms with Gasteiger partial charge in [0.25, 0.3) is 0 Å². The van der Waals surface area contributed by atoms with Crippen LogP contribution in [0.1, 0.15) is 30.7 Å². The molecule has 1 aromatic carbocycles. The molecule has 0 bridgehead atoms. The van der Waals surface area contributed by atoms with Crippen LogP contribution in [-0.4, -0.2) is 11.0 Å². The molecule has 2 aromatic rings. The van der Waals surface area contributed by atoms with Gasteiger partial charge in [-0.05, 0) is 29.7 Å². The van der Waals surface area contributed by atoms with Crippen molar-refractivity contribution in [3.63, 3.8) is 0 Å². The zero-order chi connectivity index (χ0) is 15.1. The number of aryl methyl sites for hydroxylation is 1. The lowest BCUT2D eigenvalue weighted by Gasteiger charge is -2.11. The molecule has 0 atom stereocenters. The number of carbonyl (C=O) groups is 1. The van der Waals surface area contributed by atoms with E-state index in [1.54, 1.807) is 12.3 Å². The first-order chi connectivity index (χ1) is 10.2. The minimum absolute atomic E-state index is 0.126. The molecular weight excluding hydrogens is 266 g/mol. The first-order valence-corrected chi connectivity index (χ1v) is 6.97. The summed E-state index contributed by atoms with van der Waals surface area (Å²) in [7, 11) is 0. The Balaban J connectivity index is 2.03. The summed E-state index contributed by atoms with van der Waals surface area (Å²) in [5.74, 6) is 0.308. The fraction of sp³-hybridized carbons (Fsp3) is 0.294. The maximum atomic E-state index is 10.9. The molecule has 1 aromatic heterocycles. The van der Waals surface area contributed by atoms with Crippen LogP contribution in [0.3, 0.4) is 0 Å². The van der Waals surface area contributed by atoms with Gasteiger partial charge < -0.3 is 9.47 Å². The van der Waals surface area contributed by atoms with Gasteiger partial charge >= 0.3 is 5.97 Å². The molecule has 4 nitrogen and oxygen atoms in total. The van der Waals surface area contributed by atoms with Gasteiger partial charge in [0.15, 0.2) is 0 Å². The van der Waals surface area contributed by atoms with Crippen LogP contribution in [0.5, 0.6) is 5.75 Å². The monoisotopic (exact) mass is 285 g/mol. The SMILES string of the molecule is CCc1cccc(COc2cccnc2COC(C)=O)c1. The number of hydrogen-bond acceptors (Lipinski definition) is 4. The van der Waals surface area contributed by atoms with Crippen LogP contribution in [0, 0.1) is 0 Å². The van der Waals surface area contributed by atoms with Gasteiger partial charge in [-0.15, -0.1) is 0 Å². The normalized spacial score (nSPS) is 10.2. The van der Waals surface area contributed by atoms with Crippen LogP contribution in [0.4, 0.5) is 0 Å². The Labute approximate surface area is 124 Å². The minimum atomic E-state index is -0.331. The quantitative estimate of drug-likeness (QED) is 0.764. The number of hydrogen-bond donors (Lipinski definition) is 0. The van der Waals surface area contributed by atoms with Crippen molar-refractivity contribution in [1.82, 2.24) is 4.98 Å². The molecule has 0 amide bonds. The molecule has 110 valence electrons. The van der Waals surface area contributed by atoms with Crippen LogP contribution in [0.15, 0.2) is 42.6 Å². The van der Waals surface area contributed by atoms with E-state index in [0.717, 1.165) is 12.0 Å². The molecular formula is C17H19NO3. The molecule has 0 saturated carbocycles.